The van der Waals surface area contributed by atoms with Crippen LogP contribution in [-0.4, -0.2) is 11.1 Å². The molecule has 0 saturated heterocycles. The number of benzene rings is 1. The molecule has 14 heavy (non-hydrogen) atoms. The number of rotatable bonds is 2. The van der Waals surface area contributed by atoms with Gasteiger partial charge in [-0.05, 0) is 11.6 Å². The fourth-order valence-corrected chi connectivity index (χ4v) is 0.869. The SMILES string of the molecule is [C-]#[N+]c1ccc(/C=C/C(=O)NO)cc1. The lowest BCUT2D eigenvalue weighted by atomic mass is 10.2. The molecule has 0 aliphatic heterocycles. The van der Waals surface area contributed by atoms with Crippen molar-refractivity contribution in [1.82, 2.24) is 5.48 Å². The van der Waals surface area contributed by atoms with Crippen molar-refractivity contribution in [2.45, 2.75) is 0 Å². The summed E-state index contributed by atoms with van der Waals surface area (Å²) in [5.41, 5.74) is 2.83. The van der Waals surface area contributed by atoms with Gasteiger partial charge in [0.15, 0.2) is 5.69 Å². The second-order valence-electron chi connectivity index (χ2n) is 2.51. The third-order valence-electron chi connectivity index (χ3n) is 1.56. The monoisotopic (exact) mass is 188 g/mol. The average molecular weight is 188 g/mol. The van der Waals surface area contributed by atoms with E-state index in [1.807, 2.05) is 0 Å². The van der Waals surface area contributed by atoms with Gasteiger partial charge in [-0.2, -0.15) is 0 Å². The lowest BCUT2D eigenvalue weighted by Gasteiger charge is -1.93. The van der Waals surface area contributed by atoms with Crippen molar-refractivity contribution in [2.24, 2.45) is 0 Å². The van der Waals surface area contributed by atoms with Gasteiger partial charge in [-0.15, -0.1) is 0 Å². The molecule has 2 N–H and O–H groups in total. The summed E-state index contributed by atoms with van der Waals surface area (Å²) in [5.74, 6) is -0.584. The Kier molecular flexibility index (Phi) is 3.41. The Balaban J connectivity index is 2.74. The molecule has 1 aromatic carbocycles. The van der Waals surface area contributed by atoms with Gasteiger partial charge in [-0.1, -0.05) is 24.3 Å². The highest BCUT2D eigenvalue weighted by molar-refractivity contribution is 5.90. The summed E-state index contributed by atoms with van der Waals surface area (Å²) < 4.78 is 0. The first kappa shape index (κ1) is 9.96. The second-order valence-corrected chi connectivity index (χ2v) is 2.51. The summed E-state index contributed by atoms with van der Waals surface area (Å²) in [4.78, 5) is 13.8. The Morgan fingerprint density at radius 1 is 1.43 bits per heavy atom. The molecule has 0 radical (unpaired) electrons. The normalized spacial score (nSPS) is 9.71. The van der Waals surface area contributed by atoms with Gasteiger partial charge >= 0.3 is 0 Å². The maximum Gasteiger partial charge on any atom is 0.267 e. The second kappa shape index (κ2) is 4.80. The summed E-state index contributed by atoms with van der Waals surface area (Å²) in [6.45, 7) is 6.72. The zero-order chi connectivity index (χ0) is 10.4. The predicted molar refractivity (Wildman–Crippen MR) is 51.7 cm³/mol. The number of hydroxylamine groups is 1. The Morgan fingerprint density at radius 2 is 2.07 bits per heavy atom. The van der Waals surface area contributed by atoms with E-state index < -0.39 is 5.91 Å². The molecule has 0 fully saturated rings. The van der Waals surface area contributed by atoms with E-state index in [0.717, 1.165) is 5.56 Å². The van der Waals surface area contributed by atoms with E-state index in [9.17, 15) is 4.79 Å². The molecule has 4 nitrogen and oxygen atoms in total. The molecule has 4 heteroatoms. The van der Waals surface area contributed by atoms with Crippen molar-refractivity contribution in [3.8, 4) is 0 Å². The molecule has 0 spiro atoms. The van der Waals surface area contributed by atoms with Gasteiger partial charge in [-0.25, -0.2) is 10.3 Å². The lowest BCUT2D eigenvalue weighted by molar-refractivity contribution is -0.124. The smallest absolute Gasteiger partial charge is 0.267 e. The van der Waals surface area contributed by atoms with Crippen LogP contribution in [0.15, 0.2) is 30.3 Å². The standard InChI is InChI=1S/C10H8N2O2/c1-11-9-5-2-8(3-6-9)4-7-10(13)12-14/h2-7,14H,(H,12,13)/b7-4+. The van der Waals surface area contributed by atoms with Crippen LogP contribution in [0.25, 0.3) is 10.9 Å². The summed E-state index contributed by atoms with van der Waals surface area (Å²) in [6.07, 6.45) is 2.74. The Labute approximate surface area is 81.3 Å². The molecular formula is C10H8N2O2. The number of hydrogen-bond acceptors (Lipinski definition) is 2. The zero-order valence-corrected chi connectivity index (χ0v) is 7.27. The fourth-order valence-electron chi connectivity index (χ4n) is 0.869. The van der Waals surface area contributed by atoms with Crippen LogP contribution < -0.4 is 5.48 Å². The number of hydrogen-bond donors (Lipinski definition) is 2. The van der Waals surface area contributed by atoms with Gasteiger partial charge < -0.3 is 0 Å². The molecule has 0 aliphatic carbocycles. The molecule has 1 aromatic rings. The summed E-state index contributed by atoms with van der Waals surface area (Å²) in [7, 11) is 0. The lowest BCUT2D eigenvalue weighted by Crippen LogP contribution is -2.14. The van der Waals surface area contributed by atoms with E-state index in [1.165, 1.54) is 11.6 Å². The topological polar surface area (TPSA) is 53.7 Å². The largest absolute Gasteiger partial charge is 0.288 e. The van der Waals surface area contributed by atoms with Crippen molar-refractivity contribution in [3.05, 3.63) is 47.3 Å². The van der Waals surface area contributed by atoms with E-state index in [1.54, 1.807) is 30.3 Å². The molecular weight excluding hydrogens is 180 g/mol. The average Bonchev–Trinajstić information content (AvgIpc) is 2.26. The highest BCUT2D eigenvalue weighted by atomic mass is 16.5. The van der Waals surface area contributed by atoms with Crippen molar-refractivity contribution in [1.29, 1.82) is 0 Å². The van der Waals surface area contributed by atoms with Crippen LogP contribution in [0.4, 0.5) is 5.69 Å². The van der Waals surface area contributed by atoms with E-state index in [0.29, 0.717) is 5.69 Å². The van der Waals surface area contributed by atoms with Crippen molar-refractivity contribution >= 4 is 17.7 Å². The Bertz CT molecular complexity index is 388. The first-order chi connectivity index (χ1) is 6.76. The molecule has 0 unspecified atom stereocenters. The van der Waals surface area contributed by atoms with Gasteiger partial charge in [0, 0.05) is 6.08 Å². The first-order valence-corrected chi connectivity index (χ1v) is 3.86. The Hall–Kier alpha value is -2.12. The highest BCUT2D eigenvalue weighted by Gasteiger charge is 1.92. The molecule has 0 heterocycles. The molecule has 0 aromatic heterocycles. The highest BCUT2D eigenvalue weighted by Crippen LogP contribution is 2.13. The van der Waals surface area contributed by atoms with Crippen molar-refractivity contribution in [3.63, 3.8) is 0 Å². The number of amides is 1. The molecule has 0 atom stereocenters. The van der Waals surface area contributed by atoms with Crippen molar-refractivity contribution < 1.29 is 10.0 Å². The summed E-state index contributed by atoms with van der Waals surface area (Å²) in [6, 6.07) is 6.75. The van der Waals surface area contributed by atoms with E-state index in [-0.39, 0.29) is 0 Å². The molecule has 0 bridgehead atoms. The van der Waals surface area contributed by atoms with Gasteiger partial charge in [0.1, 0.15) is 0 Å². The molecule has 1 rings (SSSR count). The third kappa shape index (κ3) is 2.73. The fraction of sp³-hybridized carbons (Fsp3) is 0. The van der Waals surface area contributed by atoms with E-state index in [2.05, 4.69) is 4.85 Å². The third-order valence-corrected chi connectivity index (χ3v) is 1.56. The minimum atomic E-state index is -0.584. The molecule has 0 aliphatic rings. The van der Waals surface area contributed by atoms with Crippen LogP contribution in [0.3, 0.4) is 0 Å². The van der Waals surface area contributed by atoms with Gasteiger partial charge in [0.05, 0.1) is 6.57 Å². The minimum absolute atomic E-state index is 0.550. The van der Waals surface area contributed by atoms with Crippen LogP contribution >= 0.6 is 0 Å². The van der Waals surface area contributed by atoms with Crippen LogP contribution in [0.1, 0.15) is 5.56 Å². The van der Waals surface area contributed by atoms with Gasteiger partial charge in [-0.3, -0.25) is 10.0 Å². The van der Waals surface area contributed by atoms with E-state index >= 15 is 0 Å². The maximum atomic E-state index is 10.6. The van der Waals surface area contributed by atoms with Crippen LogP contribution in [-0.2, 0) is 4.79 Å². The Morgan fingerprint density at radius 3 is 2.57 bits per heavy atom. The predicted octanol–water partition coefficient (Wildman–Crippen LogP) is 1.76. The van der Waals surface area contributed by atoms with Gasteiger partial charge in [0.25, 0.3) is 5.91 Å². The quantitative estimate of drug-likeness (QED) is 0.321. The molecule has 0 saturated carbocycles. The summed E-state index contributed by atoms with van der Waals surface area (Å²) >= 11 is 0. The first-order valence-electron chi connectivity index (χ1n) is 3.86. The maximum absolute atomic E-state index is 10.6. The van der Waals surface area contributed by atoms with Crippen LogP contribution in [0, 0.1) is 6.57 Å². The van der Waals surface area contributed by atoms with E-state index in [4.69, 9.17) is 11.8 Å². The number of nitrogens with zero attached hydrogens (tertiary/aromatic N) is 1. The van der Waals surface area contributed by atoms with Crippen molar-refractivity contribution in [2.75, 3.05) is 0 Å². The zero-order valence-electron chi connectivity index (χ0n) is 7.27. The van der Waals surface area contributed by atoms with Crippen LogP contribution in [0.5, 0.6) is 0 Å². The number of carbonyl (C=O) groups excluding carboxylic acids is 1. The molecule has 70 valence electrons. The number of carbonyl (C=O) groups is 1. The number of nitrogens with one attached hydrogen (secondary N) is 1. The minimum Gasteiger partial charge on any atom is -0.288 e. The molecule has 1 amide bonds. The van der Waals surface area contributed by atoms with Crippen LogP contribution in [0.2, 0.25) is 0 Å². The summed E-state index contributed by atoms with van der Waals surface area (Å²) in [5, 5.41) is 8.20. The van der Waals surface area contributed by atoms with Gasteiger partial charge in [0.2, 0.25) is 0 Å².